The fourth-order valence-corrected chi connectivity index (χ4v) is 2.68. The lowest BCUT2D eigenvalue weighted by Crippen LogP contribution is -2.42. The average Bonchev–Trinajstić information content (AvgIpc) is 2.67. The number of aliphatic imine (C=N–C) groups is 1. The molecular weight excluding hydrogens is 399 g/mol. The van der Waals surface area contributed by atoms with Crippen LogP contribution in [0.15, 0.2) is 52.5 Å². The summed E-state index contributed by atoms with van der Waals surface area (Å²) in [5, 5.41) is 10.9. The smallest absolute Gasteiger partial charge is 0.241 e. The van der Waals surface area contributed by atoms with Crippen LogP contribution in [0.5, 0.6) is 0 Å². The van der Waals surface area contributed by atoms with Crippen LogP contribution in [0.2, 0.25) is 0 Å². The summed E-state index contributed by atoms with van der Waals surface area (Å²) >= 11 is 0. The first-order valence-electron chi connectivity index (χ1n) is 8.60. The highest BCUT2D eigenvalue weighted by molar-refractivity contribution is 7.89. The molecule has 0 aliphatic rings. The summed E-state index contributed by atoms with van der Waals surface area (Å²) in [7, 11) is -0.507. The van der Waals surface area contributed by atoms with Gasteiger partial charge in [-0.2, -0.15) is 0 Å². The number of hydrogen-bond donors (Lipinski definition) is 3. The fourth-order valence-electron chi connectivity index (χ4n) is 2.16. The number of halogens is 1. The molecule has 4 N–H and O–H groups in total. The Morgan fingerprint density at radius 1 is 1.21 bits per heavy atom. The van der Waals surface area contributed by atoms with Gasteiger partial charge in [-0.25, -0.2) is 22.9 Å². The first kappa shape index (κ1) is 22.2. The van der Waals surface area contributed by atoms with Crippen LogP contribution in [0.25, 0.3) is 0 Å². The number of nitrogens with one attached hydrogen (secondary N) is 2. The normalized spacial score (nSPS) is 11.8. The molecule has 0 fully saturated rings. The minimum atomic E-state index is -3.77. The van der Waals surface area contributed by atoms with E-state index in [1.54, 1.807) is 26.2 Å². The van der Waals surface area contributed by atoms with Gasteiger partial charge in [-0.3, -0.25) is 9.78 Å². The molecule has 0 saturated heterocycles. The van der Waals surface area contributed by atoms with Crippen LogP contribution in [-0.2, 0) is 27.9 Å². The van der Waals surface area contributed by atoms with E-state index in [1.165, 1.54) is 35.4 Å². The maximum Gasteiger partial charge on any atom is 0.241 e. The number of aromatic nitrogens is 1. The molecule has 0 aliphatic heterocycles. The van der Waals surface area contributed by atoms with E-state index in [1.807, 2.05) is 0 Å². The monoisotopic (exact) mass is 422 g/mol. The number of rotatable bonds is 7. The van der Waals surface area contributed by atoms with Crippen molar-refractivity contribution < 1.29 is 17.6 Å². The van der Waals surface area contributed by atoms with E-state index < -0.39 is 15.8 Å². The summed E-state index contributed by atoms with van der Waals surface area (Å²) in [4.78, 5) is 21.6. The molecule has 1 aromatic heterocycles. The highest BCUT2D eigenvalue weighted by atomic mass is 32.2. The highest BCUT2D eigenvalue weighted by Crippen LogP contribution is 2.09. The zero-order valence-corrected chi connectivity index (χ0v) is 16.9. The van der Waals surface area contributed by atoms with Gasteiger partial charge in [0.1, 0.15) is 5.82 Å². The van der Waals surface area contributed by atoms with Crippen LogP contribution < -0.4 is 15.8 Å². The average molecular weight is 422 g/mol. The van der Waals surface area contributed by atoms with Crippen LogP contribution in [0.4, 0.5) is 4.39 Å². The SMILES string of the molecule is CN(C)C(=O)CNC(=NCc1ccc(S(N)(=O)=O)cc1)NCc1ncccc1F. The molecule has 0 spiro atoms. The van der Waals surface area contributed by atoms with E-state index in [0.717, 1.165) is 5.56 Å². The Labute approximate surface area is 168 Å². The van der Waals surface area contributed by atoms with Crippen LogP contribution in [-0.4, -0.2) is 50.8 Å². The Morgan fingerprint density at radius 3 is 2.48 bits per heavy atom. The minimum absolute atomic E-state index is 0.00362. The molecule has 11 heteroatoms. The number of nitrogens with zero attached hydrogens (tertiary/aromatic N) is 3. The molecule has 9 nitrogen and oxygen atoms in total. The van der Waals surface area contributed by atoms with Crippen molar-refractivity contribution >= 4 is 21.9 Å². The van der Waals surface area contributed by atoms with E-state index in [9.17, 15) is 17.6 Å². The number of pyridine rings is 1. The summed E-state index contributed by atoms with van der Waals surface area (Å²) in [5.41, 5.74) is 0.930. The highest BCUT2D eigenvalue weighted by Gasteiger charge is 2.09. The number of hydrogen-bond acceptors (Lipinski definition) is 5. The van der Waals surface area contributed by atoms with E-state index in [2.05, 4.69) is 20.6 Å². The molecule has 2 aromatic rings. The topological polar surface area (TPSA) is 130 Å². The second-order valence-corrected chi connectivity index (χ2v) is 7.84. The predicted octanol–water partition coefficient (Wildman–Crippen LogP) is 0.192. The van der Waals surface area contributed by atoms with Crippen molar-refractivity contribution in [1.82, 2.24) is 20.5 Å². The maximum atomic E-state index is 13.8. The molecule has 29 heavy (non-hydrogen) atoms. The number of primary sulfonamides is 1. The van der Waals surface area contributed by atoms with Gasteiger partial charge in [0.15, 0.2) is 5.96 Å². The van der Waals surface area contributed by atoms with Crippen LogP contribution in [0.3, 0.4) is 0 Å². The lowest BCUT2D eigenvalue weighted by molar-refractivity contribution is -0.127. The molecular formula is C18H23FN6O3S. The number of benzene rings is 1. The zero-order chi connectivity index (χ0) is 21.4. The van der Waals surface area contributed by atoms with E-state index in [-0.39, 0.29) is 42.1 Å². The third-order valence-electron chi connectivity index (χ3n) is 3.84. The van der Waals surface area contributed by atoms with Gasteiger partial charge in [0.05, 0.1) is 30.2 Å². The summed E-state index contributed by atoms with van der Waals surface area (Å²) in [6.45, 7) is 0.258. The number of carbonyl (C=O) groups excluding carboxylic acids is 1. The molecule has 0 unspecified atom stereocenters. The number of carbonyl (C=O) groups is 1. The number of sulfonamides is 1. The van der Waals surface area contributed by atoms with Crippen molar-refractivity contribution in [2.45, 2.75) is 18.0 Å². The molecule has 0 radical (unpaired) electrons. The van der Waals surface area contributed by atoms with Crippen molar-refractivity contribution in [3.05, 3.63) is 59.7 Å². The van der Waals surface area contributed by atoms with Crippen molar-refractivity contribution in [2.75, 3.05) is 20.6 Å². The molecule has 0 saturated carbocycles. The largest absolute Gasteiger partial charge is 0.351 e. The lowest BCUT2D eigenvalue weighted by Gasteiger charge is -2.15. The third kappa shape index (κ3) is 7.12. The van der Waals surface area contributed by atoms with E-state index in [4.69, 9.17) is 5.14 Å². The van der Waals surface area contributed by atoms with Gasteiger partial charge in [-0.05, 0) is 29.8 Å². The van der Waals surface area contributed by atoms with Gasteiger partial charge in [0.2, 0.25) is 15.9 Å². The predicted molar refractivity (Wildman–Crippen MR) is 107 cm³/mol. The van der Waals surface area contributed by atoms with Gasteiger partial charge in [0, 0.05) is 20.3 Å². The summed E-state index contributed by atoms with van der Waals surface area (Å²) in [6.07, 6.45) is 1.48. The fraction of sp³-hybridized carbons (Fsp3) is 0.278. The second-order valence-electron chi connectivity index (χ2n) is 6.28. The Kier molecular flexibility index (Phi) is 7.62. The first-order valence-corrected chi connectivity index (χ1v) is 10.1. The molecule has 2 rings (SSSR count). The van der Waals surface area contributed by atoms with Gasteiger partial charge in [-0.15, -0.1) is 0 Å². The van der Waals surface area contributed by atoms with Gasteiger partial charge >= 0.3 is 0 Å². The van der Waals surface area contributed by atoms with E-state index >= 15 is 0 Å². The minimum Gasteiger partial charge on any atom is -0.351 e. The Balaban J connectivity index is 2.10. The van der Waals surface area contributed by atoms with Crippen molar-refractivity contribution in [3.63, 3.8) is 0 Å². The summed E-state index contributed by atoms with van der Waals surface area (Å²) in [6, 6.07) is 8.75. The molecule has 1 heterocycles. The number of likely N-dealkylation sites (N-methyl/N-ethyl adjacent to an activating group) is 1. The molecule has 1 aromatic carbocycles. The Bertz CT molecular complexity index is 977. The lowest BCUT2D eigenvalue weighted by atomic mass is 10.2. The Hall–Kier alpha value is -3.05. The molecule has 156 valence electrons. The van der Waals surface area contributed by atoms with Gasteiger partial charge in [-0.1, -0.05) is 12.1 Å². The van der Waals surface area contributed by atoms with Crippen LogP contribution in [0.1, 0.15) is 11.3 Å². The summed E-state index contributed by atoms with van der Waals surface area (Å²) < 4.78 is 36.4. The summed E-state index contributed by atoms with van der Waals surface area (Å²) in [5.74, 6) is -0.343. The standard InChI is InChI=1S/C18H23FN6O3S/c1-25(2)17(26)12-24-18(23-11-16-15(19)4-3-9-21-16)22-10-13-5-7-14(8-6-13)29(20,27)28/h3-9H,10-12H2,1-2H3,(H2,20,27,28)(H2,22,23,24). The molecule has 0 bridgehead atoms. The van der Waals surface area contributed by atoms with Crippen LogP contribution >= 0.6 is 0 Å². The van der Waals surface area contributed by atoms with E-state index in [0.29, 0.717) is 0 Å². The maximum absolute atomic E-state index is 13.8. The molecule has 1 amide bonds. The van der Waals surface area contributed by atoms with Crippen LogP contribution in [0, 0.1) is 5.82 Å². The second kappa shape index (κ2) is 9.94. The quantitative estimate of drug-likeness (QED) is 0.431. The van der Waals surface area contributed by atoms with Gasteiger partial charge < -0.3 is 15.5 Å². The van der Waals surface area contributed by atoms with Crippen molar-refractivity contribution in [1.29, 1.82) is 0 Å². The third-order valence-corrected chi connectivity index (χ3v) is 4.76. The number of guanidine groups is 1. The molecule has 0 atom stereocenters. The Morgan fingerprint density at radius 2 is 1.90 bits per heavy atom. The van der Waals surface area contributed by atoms with Crippen molar-refractivity contribution in [3.8, 4) is 0 Å². The first-order chi connectivity index (χ1) is 13.7. The zero-order valence-electron chi connectivity index (χ0n) is 16.1. The number of nitrogens with two attached hydrogens (primary N) is 1. The molecule has 0 aliphatic carbocycles. The number of amides is 1. The van der Waals surface area contributed by atoms with Gasteiger partial charge in [0.25, 0.3) is 0 Å². The van der Waals surface area contributed by atoms with Crippen molar-refractivity contribution in [2.24, 2.45) is 10.1 Å².